The number of rotatable bonds is 16. The van der Waals surface area contributed by atoms with Gasteiger partial charge in [0.2, 0.25) is 0 Å². The van der Waals surface area contributed by atoms with Crippen LogP contribution >= 0.6 is 0 Å². The van der Waals surface area contributed by atoms with Crippen LogP contribution in [-0.4, -0.2) is 92.1 Å². The van der Waals surface area contributed by atoms with E-state index in [1.165, 1.54) is 0 Å². The summed E-state index contributed by atoms with van der Waals surface area (Å²) in [5, 5.41) is 41.5. The fraction of sp³-hybridized carbons (Fsp3) is 0.828. The summed E-state index contributed by atoms with van der Waals surface area (Å²) in [7, 11) is 0. The second-order valence-corrected chi connectivity index (χ2v) is 11.7. The summed E-state index contributed by atoms with van der Waals surface area (Å²) in [6.45, 7) is 15.7. The van der Waals surface area contributed by atoms with E-state index in [-0.39, 0.29) is 11.8 Å². The molecule has 45 heavy (non-hydrogen) atoms. The number of aliphatic carboxylic acids is 5. The number of carboxylic acids is 5. The predicted molar refractivity (Wildman–Crippen MR) is 174 cm³/mol. The minimum atomic E-state index is -0.933. The number of hydrogen-bond acceptors (Lipinski definition) is 11. The van der Waals surface area contributed by atoms with Gasteiger partial charge in [0.15, 0.2) is 0 Å². The standard InChI is InChI=1S/C6H14N2O2.3C6H13NO2.C5H11NO2/c7-4-2-1-3-5(8)6(9)10;2*1-4(2)3-5(7)6(8)9;1-3-4(2)5(7)6(8)9;1-3(2)4(6)5(7)8/h5H,1-4,7-8H2,(H,9,10);3*4-5H,3,7H2,1-2H3,(H,8,9);3-4H,6H2,1-2H3,(H,7,8). The van der Waals surface area contributed by atoms with E-state index in [4.69, 9.17) is 59.9 Å². The van der Waals surface area contributed by atoms with Crippen molar-refractivity contribution >= 4 is 29.8 Å². The van der Waals surface area contributed by atoms with Gasteiger partial charge in [0.1, 0.15) is 30.2 Å². The maximum absolute atomic E-state index is 10.2. The third kappa shape index (κ3) is 39.1. The van der Waals surface area contributed by atoms with Gasteiger partial charge in [-0.1, -0.05) is 68.2 Å². The van der Waals surface area contributed by atoms with Gasteiger partial charge >= 0.3 is 29.8 Å². The minimum Gasteiger partial charge on any atom is -0.480 e. The van der Waals surface area contributed by atoms with Crippen LogP contribution < -0.4 is 34.4 Å². The monoisotopic (exact) mass is 656 g/mol. The van der Waals surface area contributed by atoms with Crippen LogP contribution in [0.1, 0.15) is 93.9 Å². The van der Waals surface area contributed by atoms with Gasteiger partial charge in [-0.3, -0.25) is 24.0 Å². The summed E-state index contributed by atoms with van der Waals surface area (Å²) >= 11 is 0. The van der Waals surface area contributed by atoms with Crippen molar-refractivity contribution in [3.63, 3.8) is 0 Å². The lowest BCUT2D eigenvalue weighted by Gasteiger charge is -2.11. The molecule has 0 bridgehead atoms. The minimum absolute atomic E-state index is 0.0208. The van der Waals surface area contributed by atoms with Gasteiger partial charge in [0.05, 0.1) is 0 Å². The topological polar surface area (TPSA) is 343 Å². The lowest BCUT2D eigenvalue weighted by Crippen LogP contribution is -2.36. The van der Waals surface area contributed by atoms with Crippen LogP contribution in [0.15, 0.2) is 0 Å². The van der Waals surface area contributed by atoms with Crippen LogP contribution in [-0.2, 0) is 24.0 Å². The van der Waals surface area contributed by atoms with E-state index in [0.717, 1.165) is 19.3 Å². The van der Waals surface area contributed by atoms with Crippen LogP contribution in [0.3, 0.4) is 0 Å². The molecular weight excluding hydrogens is 592 g/mol. The van der Waals surface area contributed by atoms with Gasteiger partial charge < -0.3 is 59.9 Å². The van der Waals surface area contributed by atoms with Crippen LogP contribution in [0.4, 0.5) is 0 Å². The Balaban J connectivity index is -0.000000148. The van der Waals surface area contributed by atoms with Gasteiger partial charge in [-0.25, -0.2) is 0 Å². The molecule has 0 rings (SSSR count). The molecule has 16 heteroatoms. The molecule has 0 aromatic heterocycles. The summed E-state index contributed by atoms with van der Waals surface area (Å²) in [5.41, 5.74) is 31.3. The van der Waals surface area contributed by atoms with E-state index in [1.54, 1.807) is 13.8 Å². The van der Waals surface area contributed by atoms with Crippen molar-refractivity contribution in [1.29, 1.82) is 0 Å². The Morgan fingerprint density at radius 1 is 0.533 bits per heavy atom. The molecule has 0 fully saturated rings. The number of carbonyl (C=O) groups is 5. The molecule has 16 nitrogen and oxygen atoms in total. The van der Waals surface area contributed by atoms with Crippen molar-refractivity contribution in [2.24, 2.45) is 58.1 Å². The summed E-state index contributed by atoms with van der Waals surface area (Å²) < 4.78 is 0. The third-order valence-corrected chi connectivity index (χ3v) is 5.92. The lowest BCUT2D eigenvalue weighted by atomic mass is 10.0. The average molecular weight is 657 g/mol. The largest absolute Gasteiger partial charge is 0.480 e. The molecule has 6 unspecified atom stereocenters. The van der Waals surface area contributed by atoms with Gasteiger partial charge in [0, 0.05) is 0 Å². The molecule has 0 aliphatic rings. The Hall–Kier alpha value is -2.89. The number of carboxylic acid groups (broad SMARTS) is 5. The van der Waals surface area contributed by atoms with E-state index in [2.05, 4.69) is 0 Å². The molecule has 0 aromatic carbocycles. The molecule has 0 saturated carbocycles. The summed E-state index contributed by atoms with van der Waals surface area (Å²) in [5.74, 6) is -3.80. The van der Waals surface area contributed by atoms with Crippen LogP contribution in [0.5, 0.6) is 0 Å². The van der Waals surface area contributed by atoms with Crippen molar-refractivity contribution in [3.05, 3.63) is 0 Å². The van der Waals surface area contributed by atoms with Crippen LogP contribution in [0, 0.1) is 23.7 Å². The first-order chi connectivity index (χ1) is 20.4. The zero-order valence-corrected chi connectivity index (χ0v) is 28.4. The molecule has 270 valence electrons. The van der Waals surface area contributed by atoms with Crippen molar-refractivity contribution < 1.29 is 49.5 Å². The number of nitrogens with two attached hydrogens (primary N) is 6. The summed E-state index contributed by atoms with van der Waals surface area (Å²) in [6, 6.07) is -3.51. The SMILES string of the molecule is CC(C)C(N)C(=O)O.CC(C)CC(N)C(=O)O.CC(C)CC(N)C(=O)O.CCC(C)C(N)C(=O)O.NCCCCC(N)C(=O)O. The van der Waals surface area contributed by atoms with E-state index in [1.807, 2.05) is 41.5 Å². The molecule has 0 heterocycles. The zero-order valence-electron chi connectivity index (χ0n) is 28.4. The summed E-state index contributed by atoms with van der Waals surface area (Å²) in [6.07, 6.45) is 4.08. The quantitative estimate of drug-likeness (QED) is 0.103. The molecule has 6 atom stereocenters. The summed E-state index contributed by atoms with van der Waals surface area (Å²) in [4.78, 5) is 50.5. The van der Waals surface area contributed by atoms with Gasteiger partial charge in [0.25, 0.3) is 0 Å². The molecule has 0 aromatic rings. The van der Waals surface area contributed by atoms with Gasteiger partial charge in [-0.2, -0.15) is 0 Å². The van der Waals surface area contributed by atoms with Crippen molar-refractivity contribution in [3.8, 4) is 0 Å². The molecule has 0 spiro atoms. The average Bonchev–Trinajstić information content (AvgIpc) is 2.92. The van der Waals surface area contributed by atoms with Gasteiger partial charge in [-0.05, 0) is 55.9 Å². The van der Waals surface area contributed by atoms with E-state index >= 15 is 0 Å². The Labute approximate surface area is 268 Å². The Bertz CT molecular complexity index is 774. The number of unbranched alkanes of at least 4 members (excludes halogenated alkanes) is 1. The second kappa shape index (κ2) is 31.1. The highest BCUT2D eigenvalue weighted by atomic mass is 16.4. The highest BCUT2D eigenvalue weighted by Gasteiger charge is 2.17. The highest BCUT2D eigenvalue weighted by Crippen LogP contribution is 2.04. The van der Waals surface area contributed by atoms with Gasteiger partial charge in [-0.15, -0.1) is 0 Å². The fourth-order valence-electron chi connectivity index (χ4n) is 2.63. The Morgan fingerprint density at radius 2 is 0.867 bits per heavy atom. The molecule has 0 saturated heterocycles. The van der Waals surface area contributed by atoms with E-state index in [9.17, 15) is 24.0 Å². The zero-order chi connectivity index (χ0) is 37.0. The Kier molecular flexibility index (Phi) is 35.7. The molecule has 0 amide bonds. The maximum atomic E-state index is 10.2. The second-order valence-electron chi connectivity index (χ2n) is 11.7. The van der Waals surface area contributed by atoms with E-state index in [0.29, 0.717) is 37.6 Å². The van der Waals surface area contributed by atoms with Crippen molar-refractivity contribution in [2.45, 2.75) is 124 Å². The molecular formula is C29H64N6O10. The molecule has 0 radical (unpaired) electrons. The first-order valence-electron chi connectivity index (χ1n) is 15.0. The highest BCUT2D eigenvalue weighted by molar-refractivity contribution is 5.74. The molecule has 17 N–H and O–H groups in total. The maximum Gasteiger partial charge on any atom is 0.320 e. The number of hydrogen-bond donors (Lipinski definition) is 11. The first kappa shape index (κ1) is 51.7. The Morgan fingerprint density at radius 3 is 1.00 bits per heavy atom. The molecule has 0 aliphatic heterocycles. The van der Waals surface area contributed by atoms with Crippen molar-refractivity contribution in [2.75, 3.05) is 6.54 Å². The molecule has 0 aliphatic carbocycles. The smallest absolute Gasteiger partial charge is 0.320 e. The van der Waals surface area contributed by atoms with Crippen LogP contribution in [0.25, 0.3) is 0 Å². The van der Waals surface area contributed by atoms with E-state index < -0.39 is 60.1 Å². The fourth-order valence-corrected chi connectivity index (χ4v) is 2.63. The van der Waals surface area contributed by atoms with Crippen LogP contribution in [0.2, 0.25) is 0 Å². The lowest BCUT2D eigenvalue weighted by molar-refractivity contribution is -0.140. The first-order valence-corrected chi connectivity index (χ1v) is 15.0. The normalized spacial score (nSPS) is 14.2. The predicted octanol–water partition coefficient (Wildman–Crippen LogP) is 0.915. The third-order valence-electron chi connectivity index (χ3n) is 5.92. The van der Waals surface area contributed by atoms with Crippen molar-refractivity contribution in [1.82, 2.24) is 0 Å².